The first-order valence-electron chi connectivity index (χ1n) is 11.0. The van der Waals surface area contributed by atoms with Crippen LogP contribution >= 0.6 is 0 Å². The molecule has 0 aliphatic carbocycles. The van der Waals surface area contributed by atoms with Crippen LogP contribution in [0.1, 0.15) is 15.9 Å². The smallest absolute Gasteiger partial charge is 0.254 e. The summed E-state index contributed by atoms with van der Waals surface area (Å²) in [4.78, 5) is 26.8. The molecule has 33 heavy (non-hydrogen) atoms. The van der Waals surface area contributed by atoms with E-state index in [-0.39, 0.29) is 18.4 Å². The third-order valence-corrected chi connectivity index (χ3v) is 5.28. The second-order valence-electron chi connectivity index (χ2n) is 7.65. The van der Waals surface area contributed by atoms with Crippen molar-refractivity contribution >= 4 is 23.2 Å². The molecule has 2 N–H and O–H groups in total. The third kappa shape index (κ3) is 6.33. The Labute approximate surface area is 193 Å². The molecule has 3 aromatic rings. The summed E-state index contributed by atoms with van der Waals surface area (Å²) in [5, 5.41) is 5.98. The molecular formula is C26H27N3O4. The average Bonchev–Trinajstić information content (AvgIpc) is 2.88. The molecule has 7 heteroatoms. The highest BCUT2D eigenvalue weighted by Crippen LogP contribution is 2.24. The van der Waals surface area contributed by atoms with Crippen LogP contribution in [-0.2, 0) is 16.1 Å². The van der Waals surface area contributed by atoms with E-state index in [1.54, 1.807) is 29.2 Å². The van der Waals surface area contributed by atoms with Crippen LogP contribution in [-0.4, -0.2) is 49.6 Å². The van der Waals surface area contributed by atoms with Crippen molar-refractivity contribution < 1.29 is 19.1 Å². The molecule has 1 aliphatic rings. The molecule has 1 fully saturated rings. The molecule has 0 unspecified atom stereocenters. The zero-order valence-electron chi connectivity index (χ0n) is 18.3. The van der Waals surface area contributed by atoms with E-state index < -0.39 is 0 Å². The molecule has 7 nitrogen and oxygen atoms in total. The van der Waals surface area contributed by atoms with Crippen LogP contribution in [0.3, 0.4) is 0 Å². The number of nitrogens with one attached hydrogen (secondary N) is 2. The lowest BCUT2D eigenvalue weighted by molar-refractivity contribution is -0.114. The minimum absolute atomic E-state index is 0.00490. The minimum atomic E-state index is -0.195. The predicted molar refractivity (Wildman–Crippen MR) is 127 cm³/mol. The molecule has 3 aromatic carbocycles. The SMILES string of the molecule is O=C(CNc1ccc(C(=O)N2CCOCC2)cc1)Nc1ccccc1OCc1ccccc1. The van der Waals surface area contributed by atoms with Crippen LogP contribution in [0, 0.1) is 0 Å². The Hall–Kier alpha value is -3.84. The Morgan fingerprint density at radius 1 is 0.879 bits per heavy atom. The molecule has 0 saturated carbocycles. The van der Waals surface area contributed by atoms with Gasteiger partial charge in [0.05, 0.1) is 25.4 Å². The van der Waals surface area contributed by atoms with Crippen molar-refractivity contribution in [2.45, 2.75) is 6.61 Å². The molecule has 1 heterocycles. The zero-order valence-corrected chi connectivity index (χ0v) is 18.3. The molecule has 0 atom stereocenters. The van der Waals surface area contributed by atoms with E-state index in [9.17, 15) is 9.59 Å². The van der Waals surface area contributed by atoms with Gasteiger partial charge in [-0.15, -0.1) is 0 Å². The Bertz CT molecular complexity index is 1060. The van der Waals surface area contributed by atoms with E-state index in [1.807, 2.05) is 54.6 Å². The minimum Gasteiger partial charge on any atom is -0.487 e. The summed E-state index contributed by atoms with van der Waals surface area (Å²) in [5.74, 6) is 0.412. The van der Waals surface area contributed by atoms with Gasteiger partial charge in [-0.05, 0) is 42.0 Å². The summed E-state index contributed by atoms with van der Waals surface area (Å²) in [6.07, 6.45) is 0. The highest BCUT2D eigenvalue weighted by molar-refractivity contribution is 5.96. The Balaban J connectivity index is 1.28. The van der Waals surface area contributed by atoms with Gasteiger partial charge in [0.25, 0.3) is 5.91 Å². The number of amides is 2. The van der Waals surface area contributed by atoms with Crippen LogP contribution in [0.15, 0.2) is 78.9 Å². The van der Waals surface area contributed by atoms with Gasteiger partial charge in [0.2, 0.25) is 5.91 Å². The van der Waals surface area contributed by atoms with Crippen LogP contribution in [0.2, 0.25) is 0 Å². The van der Waals surface area contributed by atoms with Gasteiger partial charge in [0, 0.05) is 24.3 Å². The van der Waals surface area contributed by atoms with Gasteiger partial charge in [-0.2, -0.15) is 0 Å². The van der Waals surface area contributed by atoms with E-state index >= 15 is 0 Å². The summed E-state index contributed by atoms with van der Waals surface area (Å²) in [6, 6.07) is 24.4. The van der Waals surface area contributed by atoms with Gasteiger partial charge in [-0.25, -0.2) is 0 Å². The lowest BCUT2D eigenvalue weighted by atomic mass is 10.1. The number of ether oxygens (including phenoxy) is 2. The number of nitrogens with zero attached hydrogens (tertiary/aromatic N) is 1. The number of benzene rings is 3. The summed E-state index contributed by atoms with van der Waals surface area (Å²) in [5.41, 5.74) is 3.05. The molecule has 0 radical (unpaired) electrons. The number of anilines is 2. The van der Waals surface area contributed by atoms with Crippen molar-refractivity contribution in [2.24, 2.45) is 0 Å². The van der Waals surface area contributed by atoms with Gasteiger partial charge >= 0.3 is 0 Å². The number of rotatable bonds is 8. The van der Waals surface area contributed by atoms with E-state index in [0.29, 0.717) is 49.9 Å². The van der Waals surface area contributed by atoms with Crippen LogP contribution in [0.25, 0.3) is 0 Å². The summed E-state index contributed by atoms with van der Waals surface area (Å²) >= 11 is 0. The fourth-order valence-corrected chi connectivity index (χ4v) is 3.49. The summed E-state index contributed by atoms with van der Waals surface area (Å²) in [6.45, 7) is 2.86. The van der Waals surface area contributed by atoms with Crippen molar-refractivity contribution in [1.29, 1.82) is 0 Å². The predicted octanol–water partition coefficient (Wildman–Crippen LogP) is 3.79. The fourth-order valence-electron chi connectivity index (χ4n) is 3.49. The molecule has 0 spiro atoms. The molecule has 0 bridgehead atoms. The molecule has 1 aliphatic heterocycles. The Kier molecular flexibility index (Phi) is 7.56. The number of hydrogen-bond acceptors (Lipinski definition) is 5. The summed E-state index contributed by atoms with van der Waals surface area (Å²) < 4.78 is 11.2. The van der Waals surface area contributed by atoms with Crippen molar-refractivity contribution in [3.05, 3.63) is 90.0 Å². The Morgan fingerprint density at radius 2 is 1.58 bits per heavy atom. The standard InChI is InChI=1S/C26H27N3O4/c30-25(28-23-8-4-5-9-24(23)33-19-20-6-2-1-3-7-20)18-27-22-12-10-21(11-13-22)26(31)29-14-16-32-17-15-29/h1-13,27H,14-19H2,(H,28,30). The average molecular weight is 446 g/mol. The highest BCUT2D eigenvalue weighted by Gasteiger charge is 2.18. The number of morpholine rings is 1. The number of para-hydroxylation sites is 2. The summed E-state index contributed by atoms with van der Waals surface area (Å²) in [7, 11) is 0. The van der Waals surface area contributed by atoms with E-state index in [4.69, 9.17) is 9.47 Å². The highest BCUT2D eigenvalue weighted by atomic mass is 16.5. The maximum atomic E-state index is 12.5. The van der Waals surface area contributed by atoms with Crippen LogP contribution < -0.4 is 15.4 Å². The van der Waals surface area contributed by atoms with Crippen LogP contribution in [0.4, 0.5) is 11.4 Å². The van der Waals surface area contributed by atoms with Gasteiger partial charge in [0.15, 0.2) is 0 Å². The lowest BCUT2D eigenvalue weighted by Crippen LogP contribution is -2.40. The van der Waals surface area contributed by atoms with Crippen molar-refractivity contribution in [2.75, 3.05) is 43.5 Å². The van der Waals surface area contributed by atoms with Gasteiger partial charge in [0.1, 0.15) is 12.4 Å². The maximum absolute atomic E-state index is 12.5. The largest absolute Gasteiger partial charge is 0.487 e. The molecule has 4 rings (SSSR count). The monoisotopic (exact) mass is 445 g/mol. The van der Waals surface area contributed by atoms with Crippen molar-refractivity contribution in [1.82, 2.24) is 4.90 Å². The quantitative estimate of drug-likeness (QED) is 0.552. The first-order chi connectivity index (χ1) is 16.2. The molecule has 2 amide bonds. The fraction of sp³-hybridized carbons (Fsp3) is 0.231. The number of hydrogen-bond donors (Lipinski definition) is 2. The zero-order chi connectivity index (χ0) is 22.9. The lowest BCUT2D eigenvalue weighted by Gasteiger charge is -2.26. The molecule has 0 aromatic heterocycles. The third-order valence-electron chi connectivity index (χ3n) is 5.28. The van der Waals surface area contributed by atoms with Crippen molar-refractivity contribution in [3.8, 4) is 5.75 Å². The van der Waals surface area contributed by atoms with E-state index in [1.165, 1.54) is 0 Å². The van der Waals surface area contributed by atoms with Gasteiger partial charge < -0.3 is 25.0 Å². The van der Waals surface area contributed by atoms with Gasteiger partial charge in [-0.1, -0.05) is 42.5 Å². The van der Waals surface area contributed by atoms with E-state index in [2.05, 4.69) is 10.6 Å². The topological polar surface area (TPSA) is 79.9 Å². The second kappa shape index (κ2) is 11.2. The molecule has 1 saturated heterocycles. The van der Waals surface area contributed by atoms with E-state index in [0.717, 1.165) is 11.3 Å². The maximum Gasteiger partial charge on any atom is 0.254 e. The number of carbonyl (C=O) groups excluding carboxylic acids is 2. The van der Waals surface area contributed by atoms with Gasteiger partial charge in [-0.3, -0.25) is 9.59 Å². The normalized spacial score (nSPS) is 13.3. The first-order valence-corrected chi connectivity index (χ1v) is 11.0. The molecule has 170 valence electrons. The second-order valence-corrected chi connectivity index (χ2v) is 7.65. The molecular weight excluding hydrogens is 418 g/mol. The number of carbonyl (C=O) groups is 2. The van der Waals surface area contributed by atoms with Crippen LogP contribution in [0.5, 0.6) is 5.75 Å². The first kappa shape index (κ1) is 22.4. The van der Waals surface area contributed by atoms with Crippen molar-refractivity contribution in [3.63, 3.8) is 0 Å². The Morgan fingerprint density at radius 3 is 2.33 bits per heavy atom.